The first kappa shape index (κ1) is 21.3. The van der Waals surface area contributed by atoms with Crippen molar-refractivity contribution in [2.24, 2.45) is 0 Å². The summed E-state index contributed by atoms with van der Waals surface area (Å²) in [6.07, 6.45) is 0. The third-order valence-electron chi connectivity index (χ3n) is 5.77. The van der Waals surface area contributed by atoms with Crippen LogP contribution < -0.4 is 0 Å². The Hall–Kier alpha value is -3.92. The highest BCUT2D eigenvalue weighted by Crippen LogP contribution is 2.31. The Kier molecular flexibility index (Phi) is 5.78. The van der Waals surface area contributed by atoms with Gasteiger partial charge in [-0.2, -0.15) is 5.26 Å². The van der Waals surface area contributed by atoms with E-state index in [9.17, 15) is 9.59 Å². The number of esters is 1. The van der Waals surface area contributed by atoms with Crippen molar-refractivity contribution in [2.45, 2.75) is 33.3 Å². The molecule has 1 aliphatic rings. The summed E-state index contributed by atoms with van der Waals surface area (Å²) in [5.74, 6) is 0.480. The van der Waals surface area contributed by atoms with Crippen LogP contribution in [0.15, 0.2) is 42.5 Å². The number of rotatable bonds is 5. The molecule has 0 radical (unpaired) electrons. The summed E-state index contributed by atoms with van der Waals surface area (Å²) in [6, 6.07) is 15.3. The van der Waals surface area contributed by atoms with E-state index in [-0.39, 0.29) is 24.4 Å². The van der Waals surface area contributed by atoms with Crippen LogP contribution in [0.3, 0.4) is 0 Å². The molecule has 3 aromatic rings. The molecule has 7 heteroatoms. The Morgan fingerprint density at radius 1 is 1.19 bits per heavy atom. The number of aromatic amines is 1. The molecule has 1 fully saturated rings. The lowest BCUT2D eigenvalue weighted by molar-refractivity contribution is -0.142. The number of imidazole rings is 1. The van der Waals surface area contributed by atoms with Gasteiger partial charge in [-0.1, -0.05) is 18.2 Å². The van der Waals surface area contributed by atoms with E-state index in [2.05, 4.69) is 16.0 Å². The number of hydrogen-bond acceptors (Lipinski definition) is 5. The number of aromatic nitrogens is 2. The van der Waals surface area contributed by atoms with Crippen LogP contribution in [0.25, 0.3) is 11.3 Å². The number of amides is 1. The number of likely N-dealkylation sites (tertiary alicyclic amines) is 1. The Bertz CT molecular complexity index is 1210. The maximum atomic E-state index is 13.1. The highest BCUT2D eigenvalue weighted by Gasteiger charge is 2.32. The van der Waals surface area contributed by atoms with E-state index in [0.717, 1.165) is 28.1 Å². The van der Waals surface area contributed by atoms with Crippen molar-refractivity contribution in [1.82, 2.24) is 14.9 Å². The SMILES string of the molecule is CC(=O)OCc1nc(-c2cc(C(=O)N3CC(c4ccc(C#N)cc4)C3)ccc2C)c(C)[nH]1. The quantitative estimate of drug-likeness (QED) is 0.622. The summed E-state index contributed by atoms with van der Waals surface area (Å²) < 4.78 is 5.03. The van der Waals surface area contributed by atoms with E-state index >= 15 is 0 Å². The maximum Gasteiger partial charge on any atom is 0.303 e. The standard InChI is InChI=1S/C25H24N4O3/c1-15-4-7-20(10-22(15)24-16(2)27-23(28-24)14-32-17(3)30)25(31)29-12-21(13-29)19-8-5-18(11-26)6-9-19/h4-10,21H,12-14H2,1-3H3,(H,27,28). The molecule has 0 unspecified atom stereocenters. The second kappa shape index (κ2) is 8.67. The summed E-state index contributed by atoms with van der Waals surface area (Å²) >= 11 is 0. The van der Waals surface area contributed by atoms with E-state index in [1.54, 1.807) is 0 Å². The van der Waals surface area contributed by atoms with E-state index < -0.39 is 0 Å². The fourth-order valence-electron chi connectivity index (χ4n) is 3.90. The van der Waals surface area contributed by atoms with Crippen LogP contribution >= 0.6 is 0 Å². The predicted molar refractivity (Wildman–Crippen MR) is 119 cm³/mol. The number of nitrogens with zero attached hydrogens (tertiary/aromatic N) is 3. The van der Waals surface area contributed by atoms with Gasteiger partial charge in [-0.25, -0.2) is 4.98 Å². The van der Waals surface area contributed by atoms with E-state index in [1.807, 2.05) is 61.2 Å². The summed E-state index contributed by atoms with van der Waals surface area (Å²) in [5.41, 5.74) is 5.89. The second-order valence-electron chi connectivity index (χ2n) is 8.11. The first-order valence-corrected chi connectivity index (χ1v) is 10.4. The molecule has 2 aromatic carbocycles. The molecule has 162 valence electrons. The zero-order chi connectivity index (χ0) is 22.8. The van der Waals surface area contributed by atoms with Crippen LogP contribution in [0.5, 0.6) is 0 Å². The smallest absolute Gasteiger partial charge is 0.303 e. The molecule has 1 amide bonds. The predicted octanol–water partition coefficient (Wildman–Crippen LogP) is 3.87. The molecule has 0 spiro atoms. The van der Waals surface area contributed by atoms with E-state index in [4.69, 9.17) is 10.00 Å². The number of aryl methyl sites for hydroxylation is 2. The van der Waals surface area contributed by atoms with Crippen molar-refractivity contribution in [1.29, 1.82) is 5.26 Å². The van der Waals surface area contributed by atoms with Crippen molar-refractivity contribution in [3.63, 3.8) is 0 Å². The molecule has 4 rings (SSSR count). The van der Waals surface area contributed by atoms with Gasteiger partial charge in [-0.05, 0) is 49.2 Å². The Morgan fingerprint density at radius 2 is 1.91 bits per heavy atom. The molecule has 1 aromatic heterocycles. The fraction of sp³-hybridized carbons (Fsp3) is 0.280. The number of ether oxygens (including phenoxy) is 1. The summed E-state index contributed by atoms with van der Waals surface area (Å²) in [7, 11) is 0. The van der Waals surface area contributed by atoms with Gasteiger partial charge in [0, 0.05) is 42.8 Å². The zero-order valence-electron chi connectivity index (χ0n) is 18.3. The van der Waals surface area contributed by atoms with Gasteiger partial charge >= 0.3 is 5.97 Å². The molecule has 7 nitrogen and oxygen atoms in total. The normalized spacial score (nSPS) is 13.4. The molecule has 1 saturated heterocycles. The molecule has 1 aliphatic heterocycles. The van der Waals surface area contributed by atoms with Crippen molar-refractivity contribution < 1.29 is 14.3 Å². The average molecular weight is 428 g/mol. The number of H-pyrrole nitrogens is 1. The minimum Gasteiger partial charge on any atom is -0.458 e. The lowest BCUT2D eigenvalue weighted by Crippen LogP contribution is -2.48. The van der Waals surface area contributed by atoms with Crippen LogP contribution in [-0.4, -0.2) is 39.8 Å². The monoisotopic (exact) mass is 428 g/mol. The third kappa shape index (κ3) is 4.26. The van der Waals surface area contributed by atoms with Gasteiger partial charge in [0.05, 0.1) is 17.3 Å². The largest absolute Gasteiger partial charge is 0.458 e. The highest BCUT2D eigenvalue weighted by molar-refractivity contribution is 5.96. The Labute approximate surface area is 186 Å². The minimum atomic E-state index is -0.363. The molecule has 0 atom stereocenters. The lowest BCUT2D eigenvalue weighted by atomic mass is 9.90. The Morgan fingerprint density at radius 3 is 2.56 bits per heavy atom. The number of carbonyl (C=O) groups excluding carboxylic acids is 2. The fourth-order valence-corrected chi connectivity index (χ4v) is 3.90. The molecule has 1 N–H and O–H groups in total. The molecule has 0 aliphatic carbocycles. The minimum absolute atomic E-state index is 0.00975. The third-order valence-corrected chi connectivity index (χ3v) is 5.77. The highest BCUT2D eigenvalue weighted by atomic mass is 16.5. The van der Waals surface area contributed by atoms with Crippen molar-refractivity contribution in [2.75, 3.05) is 13.1 Å². The van der Waals surface area contributed by atoms with Gasteiger partial charge in [-0.15, -0.1) is 0 Å². The molecule has 0 bridgehead atoms. The molecule has 32 heavy (non-hydrogen) atoms. The van der Waals surface area contributed by atoms with Crippen molar-refractivity contribution >= 4 is 11.9 Å². The second-order valence-corrected chi connectivity index (χ2v) is 8.11. The molecule has 0 saturated carbocycles. The van der Waals surface area contributed by atoms with Crippen LogP contribution in [0, 0.1) is 25.2 Å². The summed E-state index contributed by atoms with van der Waals surface area (Å²) in [6.45, 7) is 6.64. The van der Waals surface area contributed by atoms with Crippen molar-refractivity contribution in [3.8, 4) is 17.3 Å². The first-order chi connectivity index (χ1) is 15.4. The number of nitriles is 1. The number of hydrogen-bond donors (Lipinski definition) is 1. The molecule has 2 heterocycles. The van der Waals surface area contributed by atoms with Gasteiger partial charge in [0.1, 0.15) is 12.4 Å². The van der Waals surface area contributed by atoms with Gasteiger partial charge < -0.3 is 14.6 Å². The topological polar surface area (TPSA) is 99.1 Å². The number of carbonyl (C=O) groups is 2. The van der Waals surface area contributed by atoms with Crippen molar-refractivity contribution in [3.05, 3.63) is 76.2 Å². The van der Waals surface area contributed by atoms with Gasteiger partial charge in [0.25, 0.3) is 5.91 Å². The van der Waals surface area contributed by atoms with E-state index in [1.165, 1.54) is 6.92 Å². The number of nitrogens with one attached hydrogen (secondary N) is 1. The van der Waals surface area contributed by atoms with Gasteiger partial charge in [0.2, 0.25) is 0 Å². The summed E-state index contributed by atoms with van der Waals surface area (Å²) in [4.78, 5) is 33.7. The first-order valence-electron chi connectivity index (χ1n) is 10.4. The van der Waals surface area contributed by atoms with Crippen LogP contribution in [0.1, 0.15) is 51.4 Å². The van der Waals surface area contributed by atoms with Crippen LogP contribution in [0.2, 0.25) is 0 Å². The Balaban J connectivity index is 1.49. The van der Waals surface area contributed by atoms with Gasteiger partial charge in [-0.3, -0.25) is 9.59 Å². The number of benzene rings is 2. The van der Waals surface area contributed by atoms with Crippen LogP contribution in [-0.2, 0) is 16.1 Å². The molecular formula is C25H24N4O3. The lowest BCUT2D eigenvalue weighted by Gasteiger charge is -2.39. The summed E-state index contributed by atoms with van der Waals surface area (Å²) in [5, 5.41) is 8.94. The zero-order valence-corrected chi connectivity index (χ0v) is 18.3. The van der Waals surface area contributed by atoms with Crippen LogP contribution in [0.4, 0.5) is 0 Å². The molecular weight excluding hydrogens is 404 g/mol. The maximum absolute atomic E-state index is 13.1. The average Bonchev–Trinajstić information content (AvgIpc) is 3.12. The van der Waals surface area contributed by atoms with Gasteiger partial charge in [0.15, 0.2) is 0 Å². The van der Waals surface area contributed by atoms with E-state index in [0.29, 0.717) is 30.0 Å².